The van der Waals surface area contributed by atoms with Gasteiger partial charge in [-0.3, -0.25) is 8.89 Å². The van der Waals surface area contributed by atoms with Crippen molar-refractivity contribution in [1.82, 2.24) is 9.78 Å². The van der Waals surface area contributed by atoms with E-state index in [0.717, 1.165) is 23.8 Å². The maximum absolute atomic E-state index is 13.6. The molecule has 0 aliphatic heterocycles. The second kappa shape index (κ2) is 5.96. The first-order valence-corrected chi connectivity index (χ1v) is 7.18. The monoisotopic (exact) mass is 296 g/mol. The van der Waals surface area contributed by atoms with Crippen LogP contribution in [0.25, 0.3) is 0 Å². The summed E-state index contributed by atoms with van der Waals surface area (Å²) in [6.45, 7) is 0. The molecule has 0 saturated heterocycles. The van der Waals surface area contributed by atoms with E-state index < -0.39 is 22.6 Å². The van der Waals surface area contributed by atoms with Crippen LogP contribution in [0.3, 0.4) is 0 Å². The van der Waals surface area contributed by atoms with Crippen LogP contribution in [0.5, 0.6) is 0 Å². The number of rotatable bonds is 5. The average molecular weight is 296 g/mol. The Bertz CT molecular complexity index is 669. The fraction of sp³-hybridized carbons (Fsp3) is 0.231. The Morgan fingerprint density at radius 2 is 2.25 bits per heavy atom. The summed E-state index contributed by atoms with van der Waals surface area (Å²) >= 11 is 0. The minimum absolute atomic E-state index is 0.0730. The molecule has 0 saturated carbocycles. The SMILES string of the molecule is Cn1cc(CCS(=O)c2cc(C(=O)O)ccc2F)cn1. The molecule has 2 aromatic rings. The predicted molar refractivity (Wildman–Crippen MR) is 71.5 cm³/mol. The molecule has 0 aliphatic carbocycles. The number of carboxylic acid groups (broad SMARTS) is 1. The van der Waals surface area contributed by atoms with Crippen molar-refractivity contribution in [3.05, 3.63) is 47.5 Å². The molecule has 1 N–H and O–H groups in total. The second-order valence-electron chi connectivity index (χ2n) is 4.27. The number of aryl methyl sites for hydroxylation is 2. The van der Waals surface area contributed by atoms with E-state index in [9.17, 15) is 13.4 Å². The highest BCUT2D eigenvalue weighted by Crippen LogP contribution is 2.16. The van der Waals surface area contributed by atoms with Gasteiger partial charge in [0.25, 0.3) is 0 Å². The topological polar surface area (TPSA) is 72.2 Å². The van der Waals surface area contributed by atoms with Gasteiger partial charge in [-0.1, -0.05) is 0 Å². The Balaban J connectivity index is 2.12. The Hall–Kier alpha value is -2.02. The molecule has 0 aliphatic rings. The number of carbonyl (C=O) groups is 1. The minimum Gasteiger partial charge on any atom is -0.478 e. The zero-order valence-corrected chi connectivity index (χ0v) is 11.6. The van der Waals surface area contributed by atoms with Crippen LogP contribution in [-0.4, -0.2) is 30.8 Å². The van der Waals surface area contributed by atoms with Gasteiger partial charge in [-0.15, -0.1) is 0 Å². The smallest absolute Gasteiger partial charge is 0.335 e. The summed E-state index contributed by atoms with van der Waals surface area (Å²) in [7, 11) is 0.186. The standard InChI is InChI=1S/C13H13FN2O3S/c1-16-8-9(7-15-16)4-5-20(19)12-6-10(13(17)18)2-3-11(12)14/h2-3,6-8H,4-5H2,1H3,(H,17,18). The third-order valence-corrected chi connectivity index (χ3v) is 4.14. The average Bonchev–Trinajstić information content (AvgIpc) is 2.82. The maximum Gasteiger partial charge on any atom is 0.335 e. The maximum atomic E-state index is 13.6. The largest absolute Gasteiger partial charge is 0.478 e. The van der Waals surface area contributed by atoms with Crippen LogP contribution in [0.1, 0.15) is 15.9 Å². The van der Waals surface area contributed by atoms with Crippen LogP contribution in [0, 0.1) is 5.82 Å². The first kappa shape index (κ1) is 14.4. The lowest BCUT2D eigenvalue weighted by Gasteiger charge is -2.04. The quantitative estimate of drug-likeness (QED) is 0.910. The molecule has 1 heterocycles. The minimum atomic E-state index is -1.59. The first-order chi connectivity index (χ1) is 9.47. The van der Waals surface area contributed by atoms with Gasteiger partial charge in [-0.05, 0) is 30.2 Å². The Morgan fingerprint density at radius 3 is 2.85 bits per heavy atom. The summed E-state index contributed by atoms with van der Waals surface area (Å²) < 4.78 is 27.3. The van der Waals surface area contributed by atoms with Crippen LogP contribution in [0.2, 0.25) is 0 Å². The van der Waals surface area contributed by atoms with E-state index in [1.165, 1.54) is 0 Å². The zero-order valence-electron chi connectivity index (χ0n) is 10.7. The molecule has 0 fully saturated rings. The van der Waals surface area contributed by atoms with Crippen LogP contribution in [-0.2, 0) is 24.3 Å². The molecule has 1 aromatic carbocycles. The van der Waals surface area contributed by atoms with Gasteiger partial charge in [0.1, 0.15) is 5.82 Å². The van der Waals surface area contributed by atoms with E-state index in [4.69, 9.17) is 5.11 Å². The molecule has 0 radical (unpaired) electrons. The van der Waals surface area contributed by atoms with E-state index in [1.54, 1.807) is 24.1 Å². The fourth-order valence-electron chi connectivity index (χ4n) is 1.73. The second-order valence-corrected chi connectivity index (χ2v) is 5.81. The number of nitrogens with zero attached hydrogens (tertiary/aromatic N) is 2. The number of aromatic nitrogens is 2. The Morgan fingerprint density at radius 1 is 1.50 bits per heavy atom. The van der Waals surface area contributed by atoms with Gasteiger partial charge in [0.15, 0.2) is 0 Å². The number of hydrogen-bond acceptors (Lipinski definition) is 3. The summed E-state index contributed by atoms with van der Waals surface area (Å²) in [5, 5.41) is 12.8. The number of carboxylic acids is 1. The van der Waals surface area contributed by atoms with Gasteiger partial charge in [0.05, 0.1) is 27.5 Å². The molecule has 0 bridgehead atoms. The Kier molecular flexibility index (Phi) is 4.29. The van der Waals surface area contributed by atoms with Crippen molar-refractivity contribution in [3.8, 4) is 0 Å². The molecule has 7 heteroatoms. The van der Waals surface area contributed by atoms with E-state index in [0.29, 0.717) is 6.42 Å². The van der Waals surface area contributed by atoms with Gasteiger partial charge in [-0.2, -0.15) is 5.10 Å². The lowest BCUT2D eigenvalue weighted by atomic mass is 10.2. The first-order valence-electron chi connectivity index (χ1n) is 5.86. The molecule has 2 rings (SSSR count). The van der Waals surface area contributed by atoms with Gasteiger partial charge in [0.2, 0.25) is 0 Å². The number of aromatic carboxylic acids is 1. The van der Waals surface area contributed by atoms with Crippen LogP contribution < -0.4 is 0 Å². The van der Waals surface area contributed by atoms with E-state index in [-0.39, 0.29) is 16.2 Å². The molecular formula is C13H13FN2O3S. The summed E-state index contributed by atoms with van der Waals surface area (Å²) in [4.78, 5) is 10.8. The van der Waals surface area contributed by atoms with Crippen molar-refractivity contribution in [2.24, 2.45) is 7.05 Å². The molecule has 0 spiro atoms. The van der Waals surface area contributed by atoms with E-state index in [2.05, 4.69) is 5.10 Å². The molecule has 1 atom stereocenters. The fourth-order valence-corrected chi connectivity index (χ4v) is 2.92. The summed E-state index contributed by atoms with van der Waals surface area (Å²) in [5.74, 6) is -1.61. The van der Waals surface area contributed by atoms with Gasteiger partial charge in [0, 0.05) is 19.0 Å². The molecule has 106 valence electrons. The zero-order chi connectivity index (χ0) is 14.7. The van der Waals surface area contributed by atoms with Gasteiger partial charge in [-0.25, -0.2) is 9.18 Å². The molecule has 0 amide bonds. The normalized spacial score (nSPS) is 12.3. The predicted octanol–water partition coefficient (Wildman–Crippen LogP) is 1.61. The van der Waals surface area contributed by atoms with Crippen LogP contribution >= 0.6 is 0 Å². The van der Waals surface area contributed by atoms with Gasteiger partial charge >= 0.3 is 5.97 Å². The third-order valence-electron chi connectivity index (χ3n) is 2.76. The molecule has 1 aromatic heterocycles. The van der Waals surface area contributed by atoms with Crippen molar-refractivity contribution in [2.75, 3.05) is 5.75 Å². The lowest BCUT2D eigenvalue weighted by molar-refractivity contribution is 0.0696. The number of hydrogen-bond donors (Lipinski definition) is 1. The molecule has 1 unspecified atom stereocenters. The summed E-state index contributed by atoms with van der Waals surface area (Å²) in [5.41, 5.74) is 0.826. The van der Waals surface area contributed by atoms with Crippen molar-refractivity contribution in [3.63, 3.8) is 0 Å². The number of halogens is 1. The van der Waals surface area contributed by atoms with Crippen molar-refractivity contribution < 1.29 is 18.5 Å². The Labute approximate surface area is 117 Å². The van der Waals surface area contributed by atoms with Crippen LogP contribution in [0.15, 0.2) is 35.5 Å². The molecular weight excluding hydrogens is 283 g/mol. The third kappa shape index (κ3) is 3.30. The highest BCUT2D eigenvalue weighted by Gasteiger charge is 2.14. The number of benzene rings is 1. The molecule has 20 heavy (non-hydrogen) atoms. The van der Waals surface area contributed by atoms with Crippen LogP contribution in [0.4, 0.5) is 4.39 Å². The molecule has 5 nitrogen and oxygen atoms in total. The highest BCUT2D eigenvalue weighted by atomic mass is 32.2. The van der Waals surface area contributed by atoms with Crippen molar-refractivity contribution >= 4 is 16.8 Å². The van der Waals surface area contributed by atoms with Crippen molar-refractivity contribution in [1.29, 1.82) is 0 Å². The summed E-state index contributed by atoms with van der Waals surface area (Å²) in [6.07, 6.45) is 3.93. The van der Waals surface area contributed by atoms with E-state index >= 15 is 0 Å². The highest BCUT2D eigenvalue weighted by molar-refractivity contribution is 7.85. The lowest BCUT2D eigenvalue weighted by Crippen LogP contribution is -2.06. The van der Waals surface area contributed by atoms with Gasteiger partial charge < -0.3 is 5.11 Å². The summed E-state index contributed by atoms with van der Waals surface area (Å²) in [6, 6.07) is 3.30. The van der Waals surface area contributed by atoms with Crippen molar-refractivity contribution in [2.45, 2.75) is 11.3 Å². The van der Waals surface area contributed by atoms with E-state index in [1.807, 2.05) is 0 Å².